The number of carbonyl (C=O) groups excluding carboxylic acids is 2. The van der Waals surface area contributed by atoms with E-state index in [4.69, 9.17) is 4.42 Å². The summed E-state index contributed by atoms with van der Waals surface area (Å²) >= 11 is 0. The Hall–Kier alpha value is -4.09. The van der Waals surface area contributed by atoms with E-state index in [-0.39, 0.29) is 35.5 Å². The third-order valence-corrected chi connectivity index (χ3v) is 9.12. The van der Waals surface area contributed by atoms with Gasteiger partial charge in [0.05, 0.1) is 11.9 Å². The predicted molar refractivity (Wildman–Crippen MR) is 166 cm³/mol. The predicted octanol–water partition coefficient (Wildman–Crippen LogP) is 6.55. The summed E-state index contributed by atoms with van der Waals surface area (Å²) in [6.07, 6.45) is 2.56. The van der Waals surface area contributed by atoms with Crippen LogP contribution in [-0.2, 0) is 17.4 Å². The summed E-state index contributed by atoms with van der Waals surface area (Å²) in [6.45, 7) is 6.55. The quantitative estimate of drug-likeness (QED) is 0.319. The van der Waals surface area contributed by atoms with Gasteiger partial charge in [-0.15, -0.1) is 0 Å². The molecule has 3 aliphatic rings. The molecule has 2 unspecified atom stereocenters. The molecule has 0 bridgehead atoms. The van der Waals surface area contributed by atoms with Crippen LogP contribution in [0.15, 0.2) is 47.0 Å². The lowest BCUT2D eigenvalue weighted by molar-refractivity contribution is -0.141. The van der Waals surface area contributed by atoms with E-state index >= 15 is 0 Å². The smallest absolute Gasteiger partial charge is 0.417 e. The Bertz CT molecular complexity index is 1520. The monoisotopic (exact) mass is 624 g/mol. The minimum Gasteiger partial charge on any atom is -0.417 e. The zero-order valence-corrected chi connectivity index (χ0v) is 25.6. The molecule has 45 heavy (non-hydrogen) atoms. The van der Waals surface area contributed by atoms with Crippen molar-refractivity contribution in [2.24, 2.45) is 11.8 Å². The van der Waals surface area contributed by atoms with E-state index in [0.29, 0.717) is 32.0 Å². The Morgan fingerprint density at radius 3 is 2.53 bits per heavy atom. The van der Waals surface area contributed by atoms with Crippen molar-refractivity contribution in [1.29, 1.82) is 0 Å². The number of rotatable bonds is 7. The third-order valence-electron chi connectivity index (χ3n) is 9.12. The summed E-state index contributed by atoms with van der Waals surface area (Å²) in [4.78, 5) is 40.4. The molecule has 2 atom stereocenters. The van der Waals surface area contributed by atoms with Crippen LogP contribution < -0.4 is 20.0 Å². The van der Waals surface area contributed by atoms with Gasteiger partial charge in [0.1, 0.15) is 5.82 Å². The minimum atomic E-state index is -4.85. The van der Waals surface area contributed by atoms with Crippen molar-refractivity contribution >= 4 is 35.0 Å². The zero-order chi connectivity index (χ0) is 31.7. The van der Waals surface area contributed by atoms with E-state index in [9.17, 15) is 22.8 Å². The van der Waals surface area contributed by atoms with Crippen LogP contribution >= 0.6 is 0 Å². The second kappa shape index (κ2) is 12.7. The van der Waals surface area contributed by atoms with Gasteiger partial charge in [0.2, 0.25) is 11.7 Å². The molecule has 0 radical (unpaired) electrons. The standard InChI is InChI=1S/C33H39F3N6O3/c1-3-7-23-18-22-9-4-5-10-26(22)42(31(23)44)25-13-16-40(17-14-25)27-12-11-24(19-37-27)38-30(43)28-29(33(34,35)36)39-32(45-28)41-15-6-8-21(2)20-41/h4-5,9-12,19,21,23,25H,3,6-8,13-18,20H2,1-2H3,(H,38,43). The number of piperidine rings is 2. The van der Waals surface area contributed by atoms with E-state index < -0.39 is 23.5 Å². The van der Waals surface area contributed by atoms with E-state index in [1.807, 2.05) is 30.0 Å². The molecule has 12 heteroatoms. The maximum Gasteiger partial charge on any atom is 0.437 e. The molecule has 3 aliphatic heterocycles. The minimum absolute atomic E-state index is 0.0107. The molecule has 0 saturated carbocycles. The van der Waals surface area contributed by atoms with Crippen LogP contribution in [0.5, 0.6) is 0 Å². The number of benzene rings is 1. The molecule has 2 saturated heterocycles. The topological polar surface area (TPSA) is 94.8 Å². The number of anilines is 4. The van der Waals surface area contributed by atoms with Crippen LogP contribution in [0.3, 0.4) is 0 Å². The number of nitrogens with zero attached hydrogens (tertiary/aromatic N) is 5. The average Bonchev–Trinajstić information content (AvgIpc) is 3.49. The second-order valence-corrected chi connectivity index (χ2v) is 12.5. The average molecular weight is 625 g/mol. The first-order chi connectivity index (χ1) is 21.6. The lowest BCUT2D eigenvalue weighted by Gasteiger charge is -2.43. The number of nitrogens with one attached hydrogen (secondary N) is 1. The van der Waals surface area contributed by atoms with Crippen molar-refractivity contribution in [3.05, 3.63) is 59.6 Å². The SMILES string of the molecule is CCCC1Cc2ccccc2N(C2CCN(c3ccc(NC(=O)c4oc(N5CCCC(C)C5)nc4C(F)(F)F)cn3)CC2)C1=O. The molecular formula is C33H39F3N6O3. The molecule has 0 spiro atoms. The maximum atomic E-state index is 13.8. The van der Waals surface area contributed by atoms with E-state index in [1.54, 1.807) is 17.0 Å². The van der Waals surface area contributed by atoms with Gasteiger partial charge in [-0.3, -0.25) is 9.59 Å². The van der Waals surface area contributed by atoms with Gasteiger partial charge in [0.25, 0.3) is 11.9 Å². The highest BCUT2D eigenvalue weighted by Crippen LogP contribution is 2.37. The van der Waals surface area contributed by atoms with Crippen molar-refractivity contribution in [2.75, 3.05) is 46.2 Å². The summed E-state index contributed by atoms with van der Waals surface area (Å²) in [7, 11) is 0. The first-order valence-electron chi connectivity index (χ1n) is 15.9. The fourth-order valence-electron chi connectivity index (χ4n) is 6.88. The van der Waals surface area contributed by atoms with Gasteiger partial charge in [-0.05, 0) is 68.2 Å². The molecule has 2 amide bonds. The summed E-state index contributed by atoms with van der Waals surface area (Å²) < 4.78 is 46.8. The lowest BCUT2D eigenvalue weighted by Crippen LogP contribution is -2.52. The van der Waals surface area contributed by atoms with Gasteiger partial charge >= 0.3 is 6.18 Å². The van der Waals surface area contributed by atoms with Crippen LogP contribution in [0.2, 0.25) is 0 Å². The Balaban J connectivity index is 1.11. The van der Waals surface area contributed by atoms with E-state index in [2.05, 4.69) is 33.2 Å². The highest BCUT2D eigenvalue weighted by Gasteiger charge is 2.42. The van der Waals surface area contributed by atoms with Crippen molar-refractivity contribution in [3.63, 3.8) is 0 Å². The molecule has 5 heterocycles. The number of pyridine rings is 1. The van der Waals surface area contributed by atoms with Gasteiger partial charge in [-0.2, -0.15) is 18.2 Å². The van der Waals surface area contributed by atoms with Crippen LogP contribution in [-0.4, -0.2) is 54.0 Å². The van der Waals surface area contributed by atoms with Crippen LogP contribution in [0.1, 0.15) is 74.2 Å². The van der Waals surface area contributed by atoms with Crippen molar-refractivity contribution in [2.45, 2.75) is 71.0 Å². The van der Waals surface area contributed by atoms with E-state index in [1.165, 1.54) is 11.8 Å². The molecule has 1 N–H and O–H groups in total. The number of hydrogen-bond donors (Lipinski definition) is 1. The lowest BCUT2D eigenvalue weighted by atomic mass is 9.86. The molecule has 3 aromatic rings. The molecular weight excluding hydrogens is 585 g/mol. The summed E-state index contributed by atoms with van der Waals surface area (Å²) in [5.41, 5.74) is 1.15. The number of halogens is 3. The van der Waals surface area contributed by atoms with Gasteiger partial charge in [-0.25, -0.2) is 4.98 Å². The van der Waals surface area contributed by atoms with Crippen LogP contribution in [0, 0.1) is 11.8 Å². The van der Waals surface area contributed by atoms with Gasteiger partial charge in [0.15, 0.2) is 5.69 Å². The summed E-state index contributed by atoms with van der Waals surface area (Å²) in [5.74, 6) is -0.694. The van der Waals surface area contributed by atoms with Crippen molar-refractivity contribution < 1.29 is 27.2 Å². The number of alkyl halides is 3. The Labute approximate surface area is 260 Å². The number of carbonyl (C=O) groups is 2. The number of fused-ring (bicyclic) bond motifs is 1. The van der Waals surface area contributed by atoms with Crippen molar-refractivity contribution in [3.8, 4) is 0 Å². The number of hydrogen-bond acceptors (Lipinski definition) is 7. The highest BCUT2D eigenvalue weighted by atomic mass is 19.4. The normalized spacial score (nSPS) is 21.2. The number of para-hydroxylation sites is 1. The Kier molecular flexibility index (Phi) is 8.74. The van der Waals surface area contributed by atoms with Gasteiger partial charge in [0, 0.05) is 43.8 Å². The van der Waals surface area contributed by atoms with Gasteiger partial charge < -0.3 is 24.4 Å². The zero-order valence-electron chi connectivity index (χ0n) is 25.6. The number of aromatic nitrogens is 2. The number of amides is 2. The Morgan fingerprint density at radius 2 is 1.84 bits per heavy atom. The molecule has 240 valence electrons. The molecule has 1 aromatic carbocycles. The molecule has 0 aliphatic carbocycles. The van der Waals surface area contributed by atoms with Crippen molar-refractivity contribution in [1.82, 2.24) is 9.97 Å². The molecule has 6 rings (SSSR count). The maximum absolute atomic E-state index is 13.8. The fourth-order valence-corrected chi connectivity index (χ4v) is 6.88. The van der Waals surface area contributed by atoms with Crippen LogP contribution in [0.25, 0.3) is 0 Å². The summed E-state index contributed by atoms with van der Waals surface area (Å²) in [5, 5.41) is 2.49. The summed E-state index contributed by atoms with van der Waals surface area (Å²) in [6, 6.07) is 11.4. The molecule has 9 nitrogen and oxygen atoms in total. The largest absolute Gasteiger partial charge is 0.437 e. The fraction of sp³-hybridized carbons (Fsp3) is 0.515. The van der Waals surface area contributed by atoms with E-state index in [0.717, 1.165) is 50.6 Å². The van der Waals surface area contributed by atoms with Gasteiger partial charge in [-0.1, -0.05) is 38.5 Å². The first kappa shape index (κ1) is 30.9. The van der Waals surface area contributed by atoms with Crippen LogP contribution in [0.4, 0.5) is 36.4 Å². The highest BCUT2D eigenvalue weighted by molar-refractivity contribution is 6.03. The first-order valence-corrected chi connectivity index (χ1v) is 15.9. The number of oxazole rings is 1. The molecule has 2 aromatic heterocycles. The third kappa shape index (κ3) is 6.50. The second-order valence-electron chi connectivity index (χ2n) is 12.5. The Morgan fingerprint density at radius 1 is 1.07 bits per heavy atom. The molecule has 2 fully saturated rings.